The minimum absolute atomic E-state index is 0.0144. The fourth-order valence-electron chi connectivity index (χ4n) is 10.5. The SMILES string of the molecule is C=CCO[C@@]12Oc3ccc(Oc4cccc([N+](=O)[O-])c4)cc3[C@H]3[C@H](CCCCO)[C@@H](CCCCO)C=C(C(=NOCc4ccc([N+](=O)[O-])cc4)C[C@@H]1N(Cc1ccc(F)cc1)C(=O)C=Cc1ccc([N+](=O)[O-])cc1)[C@H]32. The van der Waals surface area contributed by atoms with Crippen molar-refractivity contribution in [1.82, 2.24) is 4.90 Å². The van der Waals surface area contributed by atoms with Crippen molar-refractivity contribution < 1.29 is 53.2 Å². The van der Waals surface area contributed by atoms with Gasteiger partial charge in [-0.1, -0.05) is 48.3 Å². The van der Waals surface area contributed by atoms with Gasteiger partial charge in [-0.3, -0.25) is 35.1 Å². The topological polar surface area (TPSA) is 239 Å². The number of hydrogen-bond acceptors (Lipinski definition) is 14. The maximum Gasteiger partial charge on any atom is 0.273 e. The van der Waals surface area contributed by atoms with Crippen molar-refractivity contribution >= 4 is 34.8 Å². The van der Waals surface area contributed by atoms with Crippen molar-refractivity contribution in [2.24, 2.45) is 22.9 Å². The number of ether oxygens (including phenoxy) is 3. The van der Waals surface area contributed by atoms with Gasteiger partial charge in [-0.2, -0.15) is 0 Å². The van der Waals surface area contributed by atoms with Gasteiger partial charge in [0.05, 0.1) is 39.1 Å². The van der Waals surface area contributed by atoms with Crippen molar-refractivity contribution in [3.05, 3.63) is 204 Å². The summed E-state index contributed by atoms with van der Waals surface area (Å²) in [6, 6.07) is 27.4. The third-order valence-electron chi connectivity index (χ3n) is 13.9. The van der Waals surface area contributed by atoms with Crippen LogP contribution >= 0.6 is 0 Å². The quantitative estimate of drug-likeness (QED) is 0.0192. The van der Waals surface area contributed by atoms with E-state index in [2.05, 4.69) is 12.7 Å². The van der Waals surface area contributed by atoms with Gasteiger partial charge in [0.25, 0.3) is 17.1 Å². The number of unbranched alkanes of at least 4 members (excludes halogenated alkanes) is 2. The van der Waals surface area contributed by atoms with Crippen molar-refractivity contribution in [2.75, 3.05) is 19.8 Å². The van der Waals surface area contributed by atoms with E-state index < -0.39 is 50.2 Å². The number of halogens is 1. The maximum atomic E-state index is 15.2. The summed E-state index contributed by atoms with van der Waals surface area (Å²) >= 11 is 0. The smallest absolute Gasteiger partial charge is 0.273 e. The molecular weight excluding hydrogens is 970 g/mol. The molecule has 5 aromatic rings. The molecule has 6 atom stereocenters. The van der Waals surface area contributed by atoms with Crippen molar-refractivity contribution in [2.45, 2.75) is 75.8 Å². The van der Waals surface area contributed by atoms with E-state index in [9.17, 15) is 44.9 Å². The maximum absolute atomic E-state index is 15.2. The van der Waals surface area contributed by atoms with E-state index in [-0.39, 0.29) is 74.0 Å². The van der Waals surface area contributed by atoms with Crippen molar-refractivity contribution in [1.29, 1.82) is 0 Å². The standard InChI is InChI=1S/C56H56FN5O13/c1-2-30-72-56-52(59(35-38-12-19-41(57)20-13-38)53(65)27-18-37-14-21-42(22-15-37)60(66)67)34-50(58-73-36-39-16-23-43(24-17-39)61(68)69)48-31-40(8-3-5-28-63)47(11-4-6-29-64)54(55(48)56)49-33-46(25-26-51(49)75-56)74-45-10-7-9-44(32-45)62(70)71/h2,7,9-10,12-27,31-33,40,47,52,54-55,63-64H,1,3-6,8,11,28-30,34-36H2/t40-,47+,52-,54+,55+,56+/m0/s1. The molecule has 390 valence electrons. The fraction of sp³-hybridized carbons (Fsp3) is 0.321. The molecule has 1 heterocycles. The first-order valence-electron chi connectivity index (χ1n) is 24.7. The van der Waals surface area contributed by atoms with E-state index in [4.69, 9.17) is 24.2 Å². The number of nitro benzene ring substituents is 3. The number of nitrogens with zero attached hydrogens (tertiary/aromatic N) is 5. The Bertz CT molecular complexity index is 2970. The van der Waals surface area contributed by atoms with Crippen LogP contribution in [0.2, 0.25) is 0 Å². The molecule has 19 heteroatoms. The third-order valence-corrected chi connectivity index (χ3v) is 13.9. The van der Waals surface area contributed by atoms with E-state index in [0.717, 1.165) is 0 Å². The Balaban J connectivity index is 1.34. The van der Waals surface area contributed by atoms with E-state index in [1.807, 2.05) is 6.07 Å². The Hall–Kier alpha value is -8.13. The fourth-order valence-corrected chi connectivity index (χ4v) is 10.5. The van der Waals surface area contributed by atoms with Crippen LogP contribution in [0.5, 0.6) is 17.2 Å². The molecular formula is C56H56FN5O13. The van der Waals surface area contributed by atoms with Crippen LogP contribution < -0.4 is 9.47 Å². The summed E-state index contributed by atoms with van der Waals surface area (Å²) in [6.07, 6.45) is 10.2. The zero-order valence-corrected chi connectivity index (χ0v) is 40.9. The lowest BCUT2D eigenvalue weighted by Crippen LogP contribution is -2.70. The van der Waals surface area contributed by atoms with Gasteiger partial charge < -0.3 is 34.2 Å². The zero-order chi connectivity index (χ0) is 53.1. The van der Waals surface area contributed by atoms with E-state index in [1.165, 1.54) is 78.9 Å². The monoisotopic (exact) mass is 1030 g/mol. The van der Waals surface area contributed by atoms with Crippen LogP contribution in [-0.2, 0) is 27.5 Å². The molecule has 1 fully saturated rings. The highest BCUT2D eigenvalue weighted by Gasteiger charge is 2.65. The number of benzene rings is 5. The van der Waals surface area contributed by atoms with Gasteiger partial charge in [0, 0.05) is 74.1 Å². The Morgan fingerprint density at radius 3 is 2.13 bits per heavy atom. The summed E-state index contributed by atoms with van der Waals surface area (Å²) in [7, 11) is 0. The summed E-state index contributed by atoms with van der Waals surface area (Å²) in [6.45, 7) is 3.73. The van der Waals surface area contributed by atoms with Gasteiger partial charge in [-0.05, 0) is 127 Å². The number of hydrogen-bond donors (Lipinski definition) is 2. The molecule has 2 aliphatic carbocycles. The van der Waals surface area contributed by atoms with E-state index in [0.29, 0.717) is 83.6 Å². The van der Waals surface area contributed by atoms with Crippen molar-refractivity contribution in [3.8, 4) is 17.2 Å². The molecule has 0 unspecified atom stereocenters. The van der Waals surface area contributed by atoms with Crippen LogP contribution in [0.1, 0.15) is 73.1 Å². The van der Waals surface area contributed by atoms with Crippen LogP contribution in [-0.4, -0.2) is 73.2 Å². The average molecular weight is 1030 g/mol. The predicted octanol–water partition coefficient (Wildman–Crippen LogP) is 10.9. The lowest BCUT2D eigenvalue weighted by Gasteiger charge is -2.60. The van der Waals surface area contributed by atoms with Crippen LogP contribution in [0.15, 0.2) is 151 Å². The molecule has 2 N–H and O–H groups in total. The largest absolute Gasteiger partial charge is 0.459 e. The van der Waals surface area contributed by atoms with Crippen LogP contribution in [0, 0.1) is 53.9 Å². The molecule has 0 radical (unpaired) electrons. The second-order valence-corrected chi connectivity index (χ2v) is 18.6. The van der Waals surface area contributed by atoms with Crippen LogP contribution in [0.3, 0.4) is 0 Å². The normalized spacial score (nSPS) is 21.0. The Morgan fingerprint density at radius 1 is 0.813 bits per heavy atom. The first-order chi connectivity index (χ1) is 36.3. The van der Waals surface area contributed by atoms with Crippen molar-refractivity contribution in [3.63, 3.8) is 0 Å². The molecule has 75 heavy (non-hydrogen) atoms. The molecule has 1 amide bonds. The summed E-state index contributed by atoms with van der Waals surface area (Å²) in [5, 5.41) is 59.6. The molecule has 18 nitrogen and oxygen atoms in total. The van der Waals surface area contributed by atoms with Gasteiger partial charge in [0.2, 0.25) is 11.7 Å². The molecule has 3 aliphatic rings. The zero-order valence-electron chi connectivity index (χ0n) is 40.9. The van der Waals surface area contributed by atoms with Gasteiger partial charge in [-0.25, -0.2) is 4.39 Å². The minimum Gasteiger partial charge on any atom is -0.459 e. The van der Waals surface area contributed by atoms with Crippen LogP contribution in [0.4, 0.5) is 21.5 Å². The number of rotatable bonds is 24. The highest BCUT2D eigenvalue weighted by molar-refractivity contribution is 6.03. The van der Waals surface area contributed by atoms with E-state index >= 15 is 4.79 Å². The van der Waals surface area contributed by atoms with Crippen LogP contribution in [0.25, 0.3) is 6.08 Å². The first-order valence-corrected chi connectivity index (χ1v) is 24.7. The summed E-state index contributed by atoms with van der Waals surface area (Å²) in [4.78, 5) is 56.2. The number of carbonyl (C=O) groups is 1. The molecule has 1 saturated carbocycles. The highest BCUT2D eigenvalue weighted by atomic mass is 19.1. The van der Waals surface area contributed by atoms with Gasteiger partial charge >= 0.3 is 0 Å². The summed E-state index contributed by atoms with van der Waals surface area (Å²) in [5.41, 5.74) is 3.15. The van der Waals surface area contributed by atoms with Gasteiger partial charge in [0.1, 0.15) is 35.7 Å². The number of allylic oxidation sites excluding steroid dienone is 1. The Labute approximate surface area is 431 Å². The van der Waals surface area contributed by atoms with Gasteiger partial charge in [-0.15, -0.1) is 6.58 Å². The number of oxime groups is 1. The second kappa shape index (κ2) is 24.3. The number of non-ortho nitro benzene ring substituents is 3. The number of carbonyl (C=O) groups excluding carboxylic acids is 1. The predicted molar refractivity (Wildman–Crippen MR) is 275 cm³/mol. The third kappa shape index (κ3) is 12.3. The highest BCUT2D eigenvalue weighted by Crippen LogP contribution is 2.62. The molecule has 8 rings (SSSR count). The molecule has 5 aromatic carbocycles. The summed E-state index contributed by atoms with van der Waals surface area (Å²) in [5.74, 6) is -3.33. The number of amides is 1. The second-order valence-electron chi connectivity index (χ2n) is 18.6. The molecule has 0 bridgehead atoms. The molecule has 0 saturated heterocycles. The average Bonchev–Trinajstić information content (AvgIpc) is 3.41. The lowest BCUT2D eigenvalue weighted by atomic mass is 9.55. The Morgan fingerprint density at radius 2 is 1.47 bits per heavy atom. The minimum atomic E-state index is -1.72. The molecule has 0 aromatic heterocycles. The number of fused-ring (bicyclic) bond motifs is 2. The number of aliphatic hydroxyl groups excluding tert-OH is 2. The van der Waals surface area contributed by atoms with E-state index in [1.54, 1.807) is 53.4 Å². The summed E-state index contributed by atoms with van der Waals surface area (Å²) < 4.78 is 35.3. The Kier molecular flexibility index (Phi) is 17.2. The first kappa shape index (κ1) is 53.2. The lowest BCUT2D eigenvalue weighted by molar-refractivity contribution is -0.385. The number of aliphatic hydroxyl groups is 2. The number of nitro groups is 3. The van der Waals surface area contributed by atoms with Gasteiger partial charge in [0.15, 0.2) is 0 Å². The molecule has 0 spiro atoms. The molecule has 1 aliphatic heterocycles.